The number of hydrogen-bond donors (Lipinski definition) is 1. The van der Waals surface area contributed by atoms with Crippen molar-refractivity contribution in [1.29, 1.82) is 0 Å². The van der Waals surface area contributed by atoms with Crippen LogP contribution in [-0.2, 0) is 6.42 Å². The average Bonchev–Trinajstić information content (AvgIpc) is 3.52. The molecule has 2 amide bonds. The van der Waals surface area contributed by atoms with E-state index in [0.717, 1.165) is 33.6 Å². The van der Waals surface area contributed by atoms with E-state index in [1.165, 1.54) is 28.2 Å². The number of rotatable bonds is 5. The number of likely N-dealkylation sites (tertiary alicyclic amines) is 1. The van der Waals surface area contributed by atoms with Crippen LogP contribution in [0, 0.1) is 0 Å². The van der Waals surface area contributed by atoms with Crippen LogP contribution >= 0.6 is 22.7 Å². The molecule has 1 atom stereocenters. The number of carbonyl (C=O) groups is 2. The number of pyridine rings is 1. The van der Waals surface area contributed by atoms with Crippen molar-refractivity contribution in [2.24, 2.45) is 5.73 Å². The highest BCUT2D eigenvalue weighted by Gasteiger charge is 2.33. The van der Waals surface area contributed by atoms with Gasteiger partial charge < -0.3 is 10.6 Å². The Hall–Kier alpha value is -3.10. The summed E-state index contributed by atoms with van der Waals surface area (Å²) >= 11 is 2.84. The van der Waals surface area contributed by atoms with Crippen LogP contribution in [-0.4, -0.2) is 39.8 Å². The van der Waals surface area contributed by atoms with E-state index in [-0.39, 0.29) is 11.8 Å². The Kier molecular flexibility index (Phi) is 5.25. The van der Waals surface area contributed by atoms with Crippen molar-refractivity contribution < 1.29 is 9.59 Å². The first kappa shape index (κ1) is 19.8. The van der Waals surface area contributed by atoms with Gasteiger partial charge in [0.15, 0.2) is 0 Å². The van der Waals surface area contributed by atoms with Crippen molar-refractivity contribution in [2.45, 2.75) is 18.8 Å². The highest BCUT2D eigenvalue weighted by molar-refractivity contribution is 7.20. The average molecular weight is 449 g/mol. The van der Waals surface area contributed by atoms with E-state index in [9.17, 15) is 9.59 Å². The fourth-order valence-corrected chi connectivity index (χ4v) is 6.03. The second-order valence-electron chi connectivity index (χ2n) is 7.59. The Balaban J connectivity index is 1.35. The summed E-state index contributed by atoms with van der Waals surface area (Å²) in [4.78, 5) is 37.3. The number of thiophene rings is 1. The number of primary amides is 1. The van der Waals surface area contributed by atoms with Gasteiger partial charge in [0, 0.05) is 42.4 Å². The zero-order valence-corrected chi connectivity index (χ0v) is 18.3. The second kappa shape index (κ2) is 8.20. The Labute approximate surface area is 187 Å². The molecule has 8 heteroatoms. The molecule has 31 heavy (non-hydrogen) atoms. The van der Waals surface area contributed by atoms with Crippen molar-refractivity contribution in [1.82, 2.24) is 14.9 Å². The monoisotopic (exact) mass is 448 g/mol. The first-order valence-corrected chi connectivity index (χ1v) is 11.7. The molecule has 1 saturated heterocycles. The summed E-state index contributed by atoms with van der Waals surface area (Å²) in [5.74, 6) is -0.434. The van der Waals surface area contributed by atoms with Gasteiger partial charge in [0.05, 0.1) is 9.88 Å². The van der Waals surface area contributed by atoms with Gasteiger partial charge in [-0.1, -0.05) is 36.4 Å². The van der Waals surface area contributed by atoms with Crippen LogP contribution in [0.1, 0.15) is 48.6 Å². The number of carbonyl (C=O) groups excluding carboxylic acids is 2. The Bertz CT molecular complexity index is 1270. The van der Waals surface area contributed by atoms with Crippen LogP contribution < -0.4 is 5.73 Å². The van der Waals surface area contributed by atoms with Crippen LogP contribution in [0.4, 0.5) is 0 Å². The summed E-state index contributed by atoms with van der Waals surface area (Å²) in [5, 5.41) is 3.72. The first-order chi connectivity index (χ1) is 15.1. The highest BCUT2D eigenvalue weighted by atomic mass is 32.1. The number of nitrogens with zero attached hydrogens (tertiary/aromatic N) is 3. The predicted molar refractivity (Wildman–Crippen MR) is 123 cm³/mol. The molecule has 3 aromatic heterocycles. The van der Waals surface area contributed by atoms with Gasteiger partial charge in [0.25, 0.3) is 11.8 Å². The van der Waals surface area contributed by atoms with E-state index >= 15 is 0 Å². The summed E-state index contributed by atoms with van der Waals surface area (Å²) in [6, 6.07) is 14.0. The predicted octanol–water partition coefficient (Wildman–Crippen LogP) is 4.07. The van der Waals surface area contributed by atoms with Crippen molar-refractivity contribution >= 4 is 44.7 Å². The molecule has 0 unspecified atom stereocenters. The lowest BCUT2D eigenvalue weighted by Crippen LogP contribution is -2.29. The molecule has 0 bridgehead atoms. The topological polar surface area (TPSA) is 89.2 Å². The molecule has 0 spiro atoms. The van der Waals surface area contributed by atoms with Gasteiger partial charge in [-0.3, -0.25) is 9.59 Å². The molecule has 0 radical (unpaired) electrons. The zero-order chi connectivity index (χ0) is 21.4. The van der Waals surface area contributed by atoms with Gasteiger partial charge in [-0.2, -0.15) is 0 Å². The minimum Gasteiger partial charge on any atom is -0.365 e. The maximum Gasteiger partial charge on any atom is 0.273 e. The highest BCUT2D eigenvalue weighted by Crippen LogP contribution is 2.39. The fourth-order valence-electron chi connectivity index (χ4n) is 4.14. The smallest absolute Gasteiger partial charge is 0.273 e. The molecule has 0 aliphatic carbocycles. The third-order valence-electron chi connectivity index (χ3n) is 5.58. The number of aromatic nitrogens is 2. The number of thiazole rings is 1. The number of fused-ring (bicyclic) bond motifs is 1. The maximum absolute atomic E-state index is 13.1. The number of amides is 2. The lowest BCUT2D eigenvalue weighted by atomic mass is 9.95. The van der Waals surface area contributed by atoms with Gasteiger partial charge in [-0.15, -0.1) is 22.7 Å². The Morgan fingerprint density at radius 3 is 2.81 bits per heavy atom. The SMILES string of the molecule is NC(=O)c1sc2ncccc2c1[C@H]1CCN(C(=O)c2csc(Cc3ccccc3)n2)C1. The van der Waals surface area contributed by atoms with Crippen molar-refractivity contribution in [3.8, 4) is 0 Å². The summed E-state index contributed by atoms with van der Waals surface area (Å²) in [5.41, 5.74) is 8.25. The van der Waals surface area contributed by atoms with Crippen molar-refractivity contribution in [2.75, 3.05) is 13.1 Å². The minimum absolute atomic E-state index is 0.0589. The van der Waals surface area contributed by atoms with Crippen LogP contribution in [0.25, 0.3) is 10.2 Å². The molecule has 1 fully saturated rings. The summed E-state index contributed by atoms with van der Waals surface area (Å²) in [7, 11) is 0. The molecular weight excluding hydrogens is 428 g/mol. The number of hydrogen-bond acceptors (Lipinski definition) is 6. The molecule has 0 saturated carbocycles. The molecule has 4 aromatic rings. The summed E-state index contributed by atoms with van der Waals surface area (Å²) < 4.78 is 0. The third kappa shape index (κ3) is 3.84. The van der Waals surface area contributed by atoms with Crippen molar-refractivity contribution in [3.63, 3.8) is 0 Å². The molecule has 1 aliphatic heterocycles. The number of nitrogens with two attached hydrogens (primary N) is 1. The lowest BCUT2D eigenvalue weighted by molar-refractivity contribution is 0.0785. The van der Waals surface area contributed by atoms with Gasteiger partial charge in [0.1, 0.15) is 10.5 Å². The van der Waals surface area contributed by atoms with E-state index in [2.05, 4.69) is 22.1 Å². The van der Waals surface area contributed by atoms with Crippen LogP contribution in [0.2, 0.25) is 0 Å². The normalized spacial score (nSPS) is 16.1. The van der Waals surface area contributed by atoms with E-state index < -0.39 is 5.91 Å². The maximum atomic E-state index is 13.1. The molecule has 4 heterocycles. The molecule has 2 N–H and O–H groups in total. The van der Waals surface area contributed by atoms with Crippen LogP contribution in [0.3, 0.4) is 0 Å². The van der Waals surface area contributed by atoms with Gasteiger partial charge in [-0.05, 0) is 23.6 Å². The molecular formula is C23H20N4O2S2. The van der Waals surface area contributed by atoms with E-state index in [0.29, 0.717) is 23.7 Å². The number of benzene rings is 1. The fraction of sp³-hybridized carbons (Fsp3) is 0.217. The Morgan fingerprint density at radius 2 is 2.00 bits per heavy atom. The quantitative estimate of drug-likeness (QED) is 0.498. The van der Waals surface area contributed by atoms with Gasteiger partial charge in [0.2, 0.25) is 0 Å². The third-order valence-corrected chi connectivity index (χ3v) is 7.57. The lowest BCUT2D eigenvalue weighted by Gasteiger charge is -2.15. The zero-order valence-electron chi connectivity index (χ0n) is 16.7. The second-order valence-corrected chi connectivity index (χ2v) is 9.53. The molecule has 6 nitrogen and oxygen atoms in total. The van der Waals surface area contributed by atoms with Gasteiger partial charge in [-0.25, -0.2) is 9.97 Å². The minimum atomic E-state index is -0.437. The molecule has 5 rings (SSSR count). The van der Waals surface area contributed by atoms with E-state index in [1.807, 2.05) is 40.6 Å². The summed E-state index contributed by atoms with van der Waals surface area (Å²) in [6.45, 7) is 1.18. The first-order valence-electron chi connectivity index (χ1n) is 10.0. The largest absolute Gasteiger partial charge is 0.365 e. The molecule has 1 aromatic carbocycles. The van der Waals surface area contributed by atoms with E-state index in [4.69, 9.17) is 5.73 Å². The van der Waals surface area contributed by atoms with Crippen LogP contribution in [0.5, 0.6) is 0 Å². The van der Waals surface area contributed by atoms with Crippen molar-refractivity contribution in [3.05, 3.63) is 80.7 Å². The standard InChI is InChI=1S/C23H20N4O2S2/c24-21(28)20-19(16-7-4-9-25-22(16)31-20)15-8-10-27(12-15)23(29)17-13-30-18(26-17)11-14-5-2-1-3-6-14/h1-7,9,13,15H,8,10-12H2,(H2,24,28)/t15-/m0/s1. The van der Waals surface area contributed by atoms with Crippen LogP contribution in [0.15, 0.2) is 54.0 Å². The van der Waals surface area contributed by atoms with Gasteiger partial charge >= 0.3 is 0 Å². The molecule has 156 valence electrons. The summed E-state index contributed by atoms with van der Waals surface area (Å²) in [6.07, 6.45) is 3.22. The Morgan fingerprint density at radius 1 is 1.16 bits per heavy atom. The van der Waals surface area contributed by atoms with E-state index in [1.54, 1.807) is 6.20 Å². The molecule has 1 aliphatic rings.